The molecule has 7 nitrogen and oxygen atoms in total. The van der Waals surface area contributed by atoms with Crippen LogP contribution < -0.4 is 5.32 Å². The van der Waals surface area contributed by atoms with Gasteiger partial charge in [-0.3, -0.25) is 4.79 Å². The smallest absolute Gasteiger partial charge is 0.355 e. The van der Waals surface area contributed by atoms with Crippen molar-refractivity contribution in [2.75, 3.05) is 18.5 Å². The van der Waals surface area contributed by atoms with Gasteiger partial charge in [-0.05, 0) is 47.5 Å². The number of esters is 2. The molecule has 0 saturated carbocycles. The number of aromatic nitrogens is 1. The number of H-pyrrole nitrogens is 1. The molecule has 0 aliphatic heterocycles. The van der Waals surface area contributed by atoms with Crippen molar-refractivity contribution in [2.45, 2.75) is 13.8 Å². The van der Waals surface area contributed by atoms with Crippen molar-refractivity contribution in [3.8, 4) is 0 Å². The summed E-state index contributed by atoms with van der Waals surface area (Å²) in [5.41, 5.74) is 0.952. The number of halogens is 1. The molecular weight excluding hydrogens is 400 g/mol. The molecule has 128 valence electrons. The normalized spacial score (nSPS) is 10.3. The summed E-state index contributed by atoms with van der Waals surface area (Å²) < 4.78 is 10.6. The minimum Gasteiger partial charge on any atom is -0.462 e. The molecule has 0 spiro atoms. The van der Waals surface area contributed by atoms with E-state index in [0.29, 0.717) is 19.9 Å². The van der Waals surface area contributed by atoms with Gasteiger partial charge in [-0.25, -0.2) is 9.59 Å². The van der Waals surface area contributed by atoms with Crippen LogP contribution in [0.15, 0.2) is 22.8 Å². The second-order valence-corrected chi connectivity index (χ2v) is 6.67. The minimum absolute atomic E-state index is 0.242. The van der Waals surface area contributed by atoms with Gasteiger partial charge in [-0.1, -0.05) is 0 Å². The van der Waals surface area contributed by atoms with E-state index >= 15 is 0 Å². The highest BCUT2D eigenvalue weighted by atomic mass is 79.9. The molecule has 2 heterocycles. The average Bonchev–Trinajstić information content (AvgIpc) is 3.11. The average molecular weight is 415 g/mol. The number of amides is 1. The number of thiophene rings is 1. The number of hydrogen-bond donors (Lipinski definition) is 2. The zero-order chi connectivity index (χ0) is 17.7. The predicted octanol–water partition coefficient (Wildman–Crippen LogP) is 3.12. The third-order valence-electron chi connectivity index (χ3n) is 2.84. The molecule has 2 rings (SSSR count). The van der Waals surface area contributed by atoms with Crippen molar-refractivity contribution >= 4 is 50.1 Å². The van der Waals surface area contributed by atoms with Gasteiger partial charge in [0.05, 0.1) is 11.6 Å². The van der Waals surface area contributed by atoms with Crippen LogP contribution in [0.5, 0.6) is 0 Å². The van der Waals surface area contributed by atoms with Crippen LogP contribution in [0.25, 0.3) is 0 Å². The highest BCUT2D eigenvalue weighted by molar-refractivity contribution is 9.10. The Kier molecular flexibility index (Phi) is 6.16. The SMILES string of the molecule is CCOC(=O)c1sc(NC(=O)COC(=O)c2cc(Br)c[nH]2)cc1C. The number of carbonyl (C=O) groups is 3. The maximum atomic E-state index is 11.9. The van der Waals surface area contributed by atoms with Crippen molar-refractivity contribution < 1.29 is 23.9 Å². The molecule has 0 radical (unpaired) electrons. The van der Waals surface area contributed by atoms with Crippen LogP contribution in [0.2, 0.25) is 0 Å². The summed E-state index contributed by atoms with van der Waals surface area (Å²) in [6.07, 6.45) is 1.59. The van der Waals surface area contributed by atoms with Gasteiger partial charge in [0.25, 0.3) is 5.91 Å². The molecule has 1 amide bonds. The summed E-state index contributed by atoms with van der Waals surface area (Å²) in [6, 6.07) is 3.22. The molecule has 0 bridgehead atoms. The summed E-state index contributed by atoms with van der Waals surface area (Å²) in [4.78, 5) is 38.5. The van der Waals surface area contributed by atoms with Crippen molar-refractivity contribution in [2.24, 2.45) is 0 Å². The lowest BCUT2D eigenvalue weighted by molar-refractivity contribution is -0.119. The Labute approximate surface area is 150 Å². The Morgan fingerprint density at radius 2 is 2.00 bits per heavy atom. The van der Waals surface area contributed by atoms with E-state index in [-0.39, 0.29) is 12.3 Å². The molecule has 0 aliphatic carbocycles. The third kappa shape index (κ3) is 4.68. The highest BCUT2D eigenvalue weighted by Gasteiger charge is 2.17. The van der Waals surface area contributed by atoms with E-state index in [1.807, 2.05) is 0 Å². The van der Waals surface area contributed by atoms with Crippen molar-refractivity contribution in [3.63, 3.8) is 0 Å². The molecule has 2 aromatic rings. The van der Waals surface area contributed by atoms with Gasteiger partial charge in [0, 0.05) is 10.7 Å². The first-order valence-electron chi connectivity index (χ1n) is 6.99. The van der Waals surface area contributed by atoms with Crippen LogP contribution >= 0.6 is 27.3 Å². The summed E-state index contributed by atoms with van der Waals surface area (Å²) in [5, 5.41) is 3.07. The van der Waals surface area contributed by atoms with E-state index < -0.39 is 24.5 Å². The standard InChI is InChI=1S/C15H15BrN2O5S/c1-3-22-15(21)13-8(2)4-12(24-13)18-11(19)7-23-14(20)10-5-9(16)6-17-10/h4-6,17H,3,7H2,1-2H3,(H,18,19). The fourth-order valence-electron chi connectivity index (χ4n) is 1.81. The van der Waals surface area contributed by atoms with E-state index in [1.54, 1.807) is 32.2 Å². The molecule has 0 saturated heterocycles. The molecule has 2 N–H and O–H groups in total. The number of ether oxygens (including phenoxy) is 2. The molecule has 24 heavy (non-hydrogen) atoms. The highest BCUT2D eigenvalue weighted by Crippen LogP contribution is 2.27. The Morgan fingerprint density at radius 1 is 1.25 bits per heavy atom. The molecule has 0 atom stereocenters. The fourth-order valence-corrected chi connectivity index (χ4v) is 3.14. The van der Waals surface area contributed by atoms with Gasteiger partial charge in [-0.2, -0.15) is 0 Å². The number of anilines is 1. The van der Waals surface area contributed by atoms with Crippen LogP contribution in [0, 0.1) is 6.92 Å². The topological polar surface area (TPSA) is 97.5 Å². The maximum absolute atomic E-state index is 11.9. The molecule has 0 aromatic carbocycles. The maximum Gasteiger partial charge on any atom is 0.355 e. The summed E-state index contributed by atoms with van der Waals surface area (Å²) >= 11 is 4.31. The Bertz CT molecular complexity index is 768. The van der Waals surface area contributed by atoms with Crippen molar-refractivity contribution in [1.82, 2.24) is 4.98 Å². The lowest BCUT2D eigenvalue weighted by Crippen LogP contribution is -2.20. The fraction of sp³-hybridized carbons (Fsp3) is 0.267. The van der Waals surface area contributed by atoms with Crippen LogP contribution in [-0.4, -0.2) is 36.0 Å². The molecule has 9 heteroatoms. The number of aromatic amines is 1. The quantitative estimate of drug-likeness (QED) is 0.707. The number of nitrogens with one attached hydrogen (secondary N) is 2. The van der Waals surface area contributed by atoms with Crippen LogP contribution in [0.4, 0.5) is 5.00 Å². The first kappa shape index (κ1) is 18.2. The minimum atomic E-state index is -0.634. The van der Waals surface area contributed by atoms with Gasteiger partial charge in [0.15, 0.2) is 6.61 Å². The molecule has 2 aromatic heterocycles. The summed E-state index contributed by atoms with van der Waals surface area (Å²) in [6.45, 7) is 3.33. The van der Waals surface area contributed by atoms with Crippen molar-refractivity contribution in [1.29, 1.82) is 0 Å². The van der Waals surface area contributed by atoms with Gasteiger partial charge in [-0.15, -0.1) is 11.3 Å². The molecule has 0 fully saturated rings. The largest absolute Gasteiger partial charge is 0.462 e. The second kappa shape index (κ2) is 8.11. The number of rotatable bonds is 6. The van der Waals surface area contributed by atoms with E-state index in [2.05, 4.69) is 26.2 Å². The Morgan fingerprint density at radius 3 is 2.62 bits per heavy atom. The molecular formula is C15H15BrN2O5S. The van der Waals surface area contributed by atoms with E-state index in [0.717, 1.165) is 11.3 Å². The Hall–Kier alpha value is -2.13. The summed E-state index contributed by atoms with van der Waals surface area (Å²) in [7, 11) is 0. The number of carbonyl (C=O) groups excluding carboxylic acids is 3. The van der Waals surface area contributed by atoms with Crippen molar-refractivity contribution in [3.05, 3.63) is 38.9 Å². The zero-order valence-electron chi connectivity index (χ0n) is 13.0. The second-order valence-electron chi connectivity index (χ2n) is 4.70. The van der Waals surface area contributed by atoms with E-state index in [1.165, 1.54) is 0 Å². The molecule has 0 unspecified atom stereocenters. The summed E-state index contributed by atoms with van der Waals surface area (Å²) in [5.74, 6) is -1.56. The van der Waals surface area contributed by atoms with E-state index in [9.17, 15) is 14.4 Å². The molecule has 0 aliphatic rings. The Balaban J connectivity index is 1.89. The first-order chi connectivity index (χ1) is 11.4. The van der Waals surface area contributed by atoms with Gasteiger partial charge < -0.3 is 19.8 Å². The van der Waals surface area contributed by atoms with Gasteiger partial charge in [0.1, 0.15) is 10.6 Å². The van der Waals surface area contributed by atoms with E-state index in [4.69, 9.17) is 9.47 Å². The van der Waals surface area contributed by atoms with Crippen LogP contribution in [0.3, 0.4) is 0 Å². The first-order valence-corrected chi connectivity index (χ1v) is 8.60. The third-order valence-corrected chi connectivity index (χ3v) is 4.43. The number of hydrogen-bond acceptors (Lipinski definition) is 6. The van der Waals surface area contributed by atoms with Crippen LogP contribution in [-0.2, 0) is 14.3 Å². The lowest BCUT2D eigenvalue weighted by atomic mass is 10.3. The number of aryl methyl sites for hydroxylation is 1. The zero-order valence-corrected chi connectivity index (χ0v) is 15.4. The van der Waals surface area contributed by atoms with Crippen LogP contribution in [0.1, 0.15) is 32.6 Å². The predicted molar refractivity (Wildman–Crippen MR) is 92.4 cm³/mol. The van der Waals surface area contributed by atoms with Gasteiger partial charge >= 0.3 is 11.9 Å². The monoisotopic (exact) mass is 414 g/mol. The lowest BCUT2D eigenvalue weighted by Gasteiger charge is -2.03. The van der Waals surface area contributed by atoms with Gasteiger partial charge in [0.2, 0.25) is 0 Å².